The van der Waals surface area contributed by atoms with E-state index in [-0.39, 0.29) is 5.41 Å². The third-order valence-electron chi connectivity index (χ3n) is 3.27. The standard InChI is InChI=1S/C15H27N3/c1-7-15(5,6)11-16-8-12-9-17-13(18-10-12)14(2,3)4/h9-10,16H,7-8,11H2,1-6H3. The molecule has 0 spiro atoms. The molecule has 1 N–H and O–H groups in total. The van der Waals surface area contributed by atoms with E-state index in [1.807, 2.05) is 12.4 Å². The van der Waals surface area contributed by atoms with Crippen molar-refractivity contribution in [1.29, 1.82) is 0 Å². The molecule has 0 radical (unpaired) electrons. The van der Waals surface area contributed by atoms with Crippen molar-refractivity contribution in [1.82, 2.24) is 15.3 Å². The monoisotopic (exact) mass is 249 g/mol. The summed E-state index contributed by atoms with van der Waals surface area (Å²) >= 11 is 0. The van der Waals surface area contributed by atoms with Gasteiger partial charge in [0.2, 0.25) is 0 Å². The zero-order valence-corrected chi connectivity index (χ0v) is 12.7. The second-order valence-electron chi connectivity index (χ2n) is 6.79. The highest BCUT2D eigenvalue weighted by Gasteiger charge is 2.17. The fourth-order valence-corrected chi connectivity index (χ4v) is 1.50. The lowest BCUT2D eigenvalue weighted by Gasteiger charge is -2.23. The van der Waals surface area contributed by atoms with E-state index in [2.05, 4.69) is 56.8 Å². The van der Waals surface area contributed by atoms with Gasteiger partial charge in [-0.1, -0.05) is 41.5 Å². The molecule has 1 rings (SSSR count). The van der Waals surface area contributed by atoms with Crippen molar-refractivity contribution in [3.8, 4) is 0 Å². The lowest BCUT2D eigenvalue weighted by atomic mass is 9.90. The molecule has 3 heteroatoms. The molecular weight excluding hydrogens is 222 g/mol. The lowest BCUT2D eigenvalue weighted by Crippen LogP contribution is -2.28. The van der Waals surface area contributed by atoms with Gasteiger partial charge in [-0.25, -0.2) is 9.97 Å². The molecule has 0 aliphatic carbocycles. The van der Waals surface area contributed by atoms with Crippen LogP contribution in [0.3, 0.4) is 0 Å². The number of hydrogen-bond donors (Lipinski definition) is 1. The Hall–Kier alpha value is -0.960. The number of rotatable bonds is 5. The highest BCUT2D eigenvalue weighted by atomic mass is 14.9. The average Bonchev–Trinajstić information content (AvgIpc) is 2.28. The first kappa shape index (κ1) is 15.1. The summed E-state index contributed by atoms with van der Waals surface area (Å²) in [5.74, 6) is 0.903. The van der Waals surface area contributed by atoms with Crippen LogP contribution in [0.15, 0.2) is 12.4 Å². The highest BCUT2D eigenvalue weighted by Crippen LogP contribution is 2.18. The van der Waals surface area contributed by atoms with E-state index in [1.54, 1.807) is 0 Å². The predicted octanol–water partition coefficient (Wildman–Crippen LogP) is 3.30. The van der Waals surface area contributed by atoms with Crippen molar-refractivity contribution in [2.24, 2.45) is 5.41 Å². The molecule has 102 valence electrons. The van der Waals surface area contributed by atoms with Crippen molar-refractivity contribution < 1.29 is 0 Å². The zero-order chi connectivity index (χ0) is 13.8. The maximum Gasteiger partial charge on any atom is 0.133 e. The Labute approximate surface area is 111 Å². The smallest absolute Gasteiger partial charge is 0.133 e. The molecule has 0 aromatic carbocycles. The van der Waals surface area contributed by atoms with Gasteiger partial charge in [0.15, 0.2) is 0 Å². The topological polar surface area (TPSA) is 37.8 Å². The van der Waals surface area contributed by atoms with Gasteiger partial charge in [0, 0.05) is 36.5 Å². The number of aromatic nitrogens is 2. The largest absolute Gasteiger partial charge is 0.312 e. The van der Waals surface area contributed by atoms with E-state index in [9.17, 15) is 0 Å². The van der Waals surface area contributed by atoms with Crippen LogP contribution in [0, 0.1) is 5.41 Å². The van der Waals surface area contributed by atoms with E-state index in [0.29, 0.717) is 5.41 Å². The summed E-state index contributed by atoms with van der Waals surface area (Å²) in [6.45, 7) is 15.0. The van der Waals surface area contributed by atoms with E-state index in [4.69, 9.17) is 0 Å². The Kier molecular flexibility index (Phi) is 4.85. The van der Waals surface area contributed by atoms with Crippen LogP contribution in [0.25, 0.3) is 0 Å². The molecule has 0 unspecified atom stereocenters. The molecule has 3 nitrogen and oxygen atoms in total. The molecule has 1 heterocycles. The summed E-state index contributed by atoms with van der Waals surface area (Å²) in [6, 6.07) is 0. The van der Waals surface area contributed by atoms with Gasteiger partial charge in [-0.05, 0) is 11.8 Å². The molecule has 0 amide bonds. The number of hydrogen-bond acceptors (Lipinski definition) is 3. The summed E-state index contributed by atoms with van der Waals surface area (Å²) in [5, 5.41) is 3.47. The molecule has 0 saturated heterocycles. The summed E-state index contributed by atoms with van der Waals surface area (Å²) < 4.78 is 0. The SMILES string of the molecule is CCC(C)(C)CNCc1cnc(C(C)(C)C)nc1. The fourth-order valence-electron chi connectivity index (χ4n) is 1.50. The Morgan fingerprint density at radius 3 is 2.06 bits per heavy atom. The first-order chi connectivity index (χ1) is 8.24. The first-order valence-corrected chi connectivity index (χ1v) is 6.77. The summed E-state index contributed by atoms with van der Waals surface area (Å²) in [7, 11) is 0. The molecular formula is C15H27N3. The van der Waals surface area contributed by atoms with Crippen molar-refractivity contribution >= 4 is 0 Å². The Bertz CT molecular complexity index is 360. The molecule has 0 fully saturated rings. The predicted molar refractivity (Wildman–Crippen MR) is 76.5 cm³/mol. The van der Waals surface area contributed by atoms with E-state index in [1.165, 1.54) is 6.42 Å². The van der Waals surface area contributed by atoms with Crippen LogP contribution >= 0.6 is 0 Å². The molecule has 18 heavy (non-hydrogen) atoms. The Morgan fingerprint density at radius 2 is 1.61 bits per heavy atom. The van der Waals surface area contributed by atoms with E-state index >= 15 is 0 Å². The molecule has 0 aliphatic heterocycles. The maximum atomic E-state index is 4.43. The molecule has 0 atom stereocenters. The van der Waals surface area contributed by atoms with Crippen molar-refractivity contribution in [3.05, 3.63) is 23.8 Å². The van der Waals surface area contributed by atoms with Crippen LogP contribution in [0.5, 0.6) is 0 Å². The number of nitrogens with zero attached hydrogens (tertiary/aromatic N) is 2. The third kappa shape index (κ3) is 4.73. The van der Waals surface area contributed by atoms with Crippen LogP contribution in [-0.4, -0.2) is 16.5 Å². The molecule has 0 saturated carbocycles. The van der Waals surface area contributed by atoms with E-state index in [0.717, 1.165) is 24.5 Å². The van der Waals surface area contributed by atoms with Crippen LogP contribution < -0.4 is 5.32 Å². The van der Waals surface area contributed by atoms with Gasteiger partial charge < -0.3 is 5.32 Å². The Balaban J connectivity index is 2.50. The molecule has 1 aromatic heterocycles. The van der Waals surface area contributed by atoms with Gasteiger partial charge in [-0.2, -0.15) is 0 Å². The van der Waals surface area contributed by atoms with Gasteiger partial charge in [0.1, 0.15) is 5.82 Å². The summed E-state index contributed by atoms with van der Waals surface area (Å²) in [5.41, 5.74) is 1.53. The van der Waals surface area contributed by atoms with Crippen LogP contribution in [0.4, 0.5) is 0 Å². The second kappa shape index (κ2) is 5.79. The van der Waals surface area contributed by atoms with Gasteiger partial charge in [0.25, 0.3) is 0 Å². The van der Waals surface area contributed by atoms with E-state index < -0.39 is 0 Å². The quantitative estimate of drug-likeness (QED) is 0.870. The van der Waals surface area contributed by atoms with Crippen molar-refractivity contribution in [3.63, 3.8) is 0 Å². The molecule has 0 aliphatic rings. The van der Waals surface area contributed by atoms with Crippen molar-refractivity contribution in [2.45, 2.75) is 59.9 Å². The lowest BCUT2D eigenvalue weighted by molar-refractivity contribution is 0.327. The molecule has 0 bridgehead atoms. The fraction of sp³-hybridized carbons (Fsp3) is 0.733. The van der Waals surface area contributed by atoms with Crippen LogP contribution in [0.2, 0.25) is 0 Å². The highest BCUT2D eigenvalue weighted by molar-refractivity contribution is 5.09. The minimum absolute atomic E-state index is 0.0240. The van der Waals surface area contributed by atoms with Gasteiger partial charge >= 0.3 is 0 Å². The van der Waals surface area contributed by atoms with Crippen LogP contribution in [0.1, 0.15) is 59.4 Å². The first-order valence-electron chi connectivity index (χ1n) is 6.77. The maximum absolute atomic E-state index is 4.43. The Morgan fingerprint density at radius 1 is 1.06 bits per heavy atom. The zero-order valence-electron chi connectivity index (χ0n) is 12.7. The third-order valence-corrected chi connectivity index (χ3v) is 3.27. The van der Waals surface area contributed by atoms with Crippen molar-refractivity contribution in [2.75, 3.05) is 6.54 Å². The average molecular weight is 249 g/mol. The normalized spacial score (nSPS) is 12.8. The van der Waals surface area contributed by atoms with Gasteiger partial charge in [-0.3, -0.25) is 0 Å². The summed E-state index contributed by atoms with van der Waals surface area (Å²) in [4.78, 5) is 8.87. The van der Waals surface area contributed by atoms with Gasteiger partial charge in [0.05, 0.1) is 0 Å². The second-order valence-corrected chi connectivity index (χ2v) is 6.79. The minimum Gasteiger partial charge on any atom is -0.312 e. The summed E-state index contributed by atoms with van der Waals surface area (Å²) in [6.07, 6.45) is 5.04. The van der Waals surface area contributed by atoms with Crippen LogP contribution in [-0.2, 0) is 12.0 Å². The minimum atomic E-state index is 0.0240. The number of nitrogens with one attached hydrogen (secondary N) is 1. The molecule has 1 aromatic rings. The van der Waals surface area contributed by atoms with Gasteiger partial charge in [-0.15, -0.1) is 0 Å².